The summed E-state index contributed by atoms with van der Waals surface area (Å²) in [6.45, 7) is 0. The molecule has 1 fully saturated rings. The minimum absolute atomic E-state index is 0.565. The molecule has 0 atom stereocenters. The third-order valence-electron chi connectivity index (χ3n) is 3.59. The Morgan fingerprint density at radius 1 is 1.28 bits per heavy atom. The van der Waals surface area contributed by atoms with Gasteiger partial charge in [-0.25, -0.2) is 0 Å². The van der Waals surface area contributed by atoms with Crippen LogP contribution in [0.3, 0.4) is 0 Å². The lowest BCUT2D eigenvalue weighted by atomic mass is 9.76. The Balaban J connectivity index is 1.54. The maximum Gasteiger partial charge on any atom is 0.118 e. The van der Waals surface area contributed by atoms with Gasteiger partial charge in [0.05, 0.1) is 19.0 Å². The first-order chi connectivity index (χ1) is 8.85. The third kappa shape index (κ3) is 2.18. The van der Waals surface area contributed by atoms with Crippen LogP contribution < -0.4 is 10.1 Å². The van der Waals surface area contributed by atoms with Crippen molar-refractivity contribution in [1.29, 1.82) is 0 Å². The molecule has 0 radical (unpaired) electrons. The molecule has 3 rings (SSSR count). The molecule has 0 unspecified atom stereocenters. The van der Waals surface area contributed by atoms with Crippen molar-refractivity contribution < 1.29 is 4.74 Å². The van der Waals surface area contributed by atoms with Crippen LogP contribution in [0.1, 0.15) is 24.3 Å². The number of aromatic nitrogens is 2. The molecule has 0 bridgehead atoms. The summed E-state index contributed by atoms with van der Waals surface area (Å²) in [4.78, 5) is 0. The molecule has 0 saturated heterocycles. The Morgan fingerprint density at radius 3 is 2.67 bits per heavy atom. The number of methoxy groups -OCH3 is 1. The van der Waals surface area contributed by atoms with Crippen LogP contribution in [0, 0.1) is 0 Å². The monoisotopic (exact) mass is 243 g/mol. The van der Waals surface area contributed by atoms with E-state index in [1.807, 2.05) is 24.5 Å². The zero-order valence-corrected chi connectivity index (χ0v) is 10.4. The summed E-state index contributed by atoms with van der Waals surface area (Å²) >= 11 is 0. The zero-order chi connectivity index (χ0) is 12.4. The van der Waals surface area contributed by atoms with Crippen molar-refractivity contribution in [2.24, 2.45) is 0 Å². The summed E-state index contributed by atoms with van der Waals surface area (Å²) in [6, 6.07) is 8.96. The van der Waals surface area contributed by atoms with E-state index in [9.17, 15) is 0 Å². The molecule has 1 heterocycles. The molecule has 0 aliphatic heterocycles. The second kappa shape index (κ2) is 4.72. The van der Waals surface area contributed by atoms with E-state index in [-0.39, 0.29) is 0 Å². The number of H-pyrrole nitrogens is 1. The number of hydrogen-bond acceptors (Lipinski definition) is 3. The maximum absolute atomic E-state index is 5.17. The Kier molecular flexibility index (Phi) is 2.92. The van der Waals surface area contributed by atoms with Gasteiger partial charge in [0.15, 0.2) is 0 Å². The van der Waals surface area contributed by atoms with Crippen molar-refractivity contribution in [2.45, 2.75) is 24.8 Å². The summed E-state index contributed by atoms with van der Waals surface area (Å²) in [5.74, 6) is 1.59. The highest BCUT2D eigenvalue weighted by Crippen LogP contribution is 2.38. The van der Waals surface area contributed by atoms with Crippen LogP contribution in [0.15, 0.2) is 36.7 Å². The average Bonchev–Trinajstić information content (AvgIpc) is 2.86. The lowest BCUT2D eigenvalue weighted by Crippen LogP contribution is -2.33. The number of nitrogens with zero attached hydrogens (tertiary/aromatic N) is 1. The fraction of sp³-hybridized carbons (Fsp3) is 0.357. The second-order valence-corrected chi connectivity index (χ2v) is 4.77. The summed E-state index contributed by atoms with van der Waals surface area (Å²) in [7, 11) is 1.70. The molecule has 94 valence electrons. The van der Waals surface area contributed by atoms with Crippen LogP contribution >= 0.6 is 0 Å². The normalized spacial score (nSPS) is 22.3. The van der Waals surface area contributed by atoms with Crippen molar-refractivity contribution >= 4 is 5.69 Å². The molecular weight excluding hydrogens is 226 g/mol. The van der Waals surface area contributed by atoms with Crippen LogP contribution in [0.2, 0.25) is 0 Å². The van der Waals surface area contributed by atoms with Gasteiger partial charge < -0.3 is 10.1 Å². The van der Waals surface area contributed by atoms with Crippen molar-refractivity contribution in [2.75, 3.05) is 12.4 Å². The van der Waals surface area contributed by atoms with E-state index in [1.54, 1.807) is 7.11 Å². The van der Waals surface area contributed by atoms with Gasteiger partial charge >= 0.3 is 0 Å². The number of benzene rings is 1. The SMILES string of the molecule is COc1ccc(C2CC(Nc3cn[nH]c3)C2)cc1. The highest BCUT2D eigenvalue weighted by molar-refractivity contribution is 5.40. The van der Waals surface area contributed by atoms with Crippen LogP contribution in [-0.4, -0.2) is 23.3 Å². The van der Waals surface area contributed by atoms with Gasteiger partial charge in [-0.05, 0) is 36.5 Å². The Morgan fingerprint density at radius 2 is 2.06 bits per heavy atom. The molecule has 2 N–H and O–H groups in total. The van der Waals surface area contributed by atoms with E-state index in [0.29, 0.717) is 12.0 Å². The highest BCUT2D eigenvalue weighted by Gasteiger charge is 2.30. The Labute approximate surface area is 106 Å². The zero-order valence-electron chi connectivity index (χ0n) is 10.4. The van der Waals surface area contributed by atoms with Gasteiger partial charge in [0.1, 0.15) is 5.75 Å². The molecule has 18 heavy (non-hydrogen) atoms. The molecule has 2 aromatic rings. The van der Waals surface area contributed by atoms with E-state index >= 15 is 0 Å². The molecule has 1 aliphatic rings. The summed E-state index contributed by atoms with van der Waals surface area (Å²) in [5, 5.41) is 10.2. The molecule has 1 aromatic heterocycles. The highest BCUT2D eigenvalue weighted by atomic mass is 16.5. The topological polar surface area (TPSA) is 49.9 Å². The predicted octanol–water partition coefficient (Wildman–Crippen LogP) is 2.78. The summed E-state index contributed by atoms with van der Waals surface area (Å²) in [5.41, 5.74) is 2.48. The number of ether oxygens (including phenoxy) is 1. The van der Waals surface area contributed by atoms with Crippen LogP contribution in [0.5, 0.6) is 5.75 Å². The summed E-state index contributed by atoms with van der Waals surface area (Å²) < 4.78 is 5.17. The second-order valence-electron chi connectivity index (χ2n) is 4.77. The lowest BCUT2D eigenvalue weighted by molar-refractivity contribution is 0.373. The molecule has 1 saturated carbocycles. The van der Waals surface area contributed by atoms with Crippen molar-refractivity contribution in [1.82, 2.24) is 10.2 Å². The van der Waals surface area contributed by atoms with E-state index in [0.717, 1.165) is 11.4 Å². The van der Waals surface area contributed by atoms with Crippen LogP contribution in [0.25, 0.3) is 0 Å². The average molecular weight is 243 g/mol. The van der Waals surface area contributed by atoms with E-state index in [2.05, 4.69) is 27.6 Å². The van der Waals surface area contributed by atoms with Gasteiger partial charge in [-0.15, -0.1) is 0 Å². The summed E-state index contributed by atoms with van der Waals surface area (Å²) in [6.07, 6.45) is 6.07. The first-order valence-corrected chi connectivity index (χ1v) is 6.24. The van der Waals surface area contributed by atoms with Gasteiger partial charge in [-0.2, -0.15) is 5.10 Å². The van der Waals surface area contributed by atoms with E-state index < -0.39 is 0 Å². The van der Waals surface area contributed by atoms with Crippen molar-refractivity contribution in [3.05, 3.63) is 42.2 Å². The minimum atomic E-state index is 0.565. The fourth-order valence-electron chi connectivity index (χ4n) is 2.45. The van der Waals surface area contributed by atoms with Crippen LogP contribution in [-0.2, 0) is 0 Å². The van der Waals surface area contributed by atoms with Gasteiger partial charge in [-0.3, -0.25) is 5.10 Å². The molecule has 0 amide bonds. The number of hydrogen-bond donors (Lipinski definition) is 2. The number of nitrogens with one attached hydrogen (secondary N) is 2. The molecule has 4 nitrogen and oxygen atoms in total. The number of anilines is 1. The van der Waals surface area contributed by atoms with E-state index in [1.165, 1.54) is 18.4 Å². The predicted molar refractivity (Wildman–Crippen MR) is 71.0 cm³/mol. The number of aromatic amines is 1. The largest absolute Gasteiger partial charge is 0.497 e. The van der Waals surface area contributed by atoms with Crippen molar-refractivity contribution in [3.8, 4) is 5.75 Å². The van der Waals surface area contributed by atoms with Gasteiger partial charge in [0.25, 0.3) is 0 Å². The van der Waals surface area contributed by atoms with Crippen LogP contribution in [0.4, 0.5) is 5.69 Å². The smallest absolute Gasteiger partial charge is 0.118 e. The minimum Gasteiger partial charge on any atom is -0.497 e. The molecular formula is C14H17N3O. The molecule has 0 spiro atoms. The first kappa shape index (κ1) is 11.1. The third-order valence-corrected chi connectivity index (χ3v) is 3.59. The Hall–Kier alpha value is -1.97. The maximum atomic E-state index is 5.17. The number of rotatable bonds is 4. The molecule has 1 aromatic carbocycles. The standard InChI is InChI=1S/C14H17N3O/c1-18-14-4-2-10(3-5-14)11-6-12(7-11)17-13-8-15-16-9-13/h2-5,8-9,11-12,17H,6-7H2,1H3,(H,15,16). The molecule has 4 heteroatoms. The van der Waals surface area contributed by atoms with Gasteiger partial charge in [-0.1, -0.05) is 12.1 Å². The quantitative estimate of drug-likeness (QED) is 0.868. The first-order valence-electron chi connectivity index (χ1n) is 6.24. The van der Waals surface area contributed by atoms with Gasteiger partial charge in [0.2, 0.25) is 0 Å². The fourth-order valence-corrected chi connectivity index (χ4v) is 2.45. The molecule has 1 aliphatic carbocycles. The van der Waals surface area contributed by atoms with E-state index in [4.69, 9.17) is 4.74 Å². The lowest BCUT2D eigenvalue weighted by Gasteiger charge is -2.36. The van der Waals surface area contributed by atoms with Crippen molar-refractivity contribution in [3.63, 3.8) is 0 Å². The van der Waals surface area contributed by atoms with Gasteiger partial charge in [0, 0.05) is 12.2 Å². The Bertz CT molecular complexity index is 486.